The van der Waals surface area contributed by atoms with Gasteiger partial charge in [-0.25, -0.2) is 14.2 Å². The van der Waals surface area contributed by atoms with Crippen molar-refractivity contribution in [3.8, 4) is 0 Å². The summed E-state index contributed by atoms with van der Waals surface area (Å²) >= 11 is 0. The van der Waals surface area contributed by atoms with Crippen molar-refractivity contribution < 1.29 is 13.9 Å². The number of halogens is 1. The van der Waals surface area contributed by atoms with Crippen molar-refractivity contribution in [3.05, 3.63) is 66.1 Å². The van der Waals surface area contributed by atoms with Crippen LogP contribution < -0.4 is 4.90 Å². The maximum Gasteiger partial charge on any atom is 0.338 e. The number of esters is 1. The van der Waals surface area contributed by atoms with Crippen molar-refractivity contribution >= 4 is 17.4 Å². The van der Waals surface area contributed by atoms with Gasteiger partial charge >= 0.3 is 5.97 Å². The molecule has 4 nitrogen and oxygen atoms in total. The Morgan fingerprint density at radius 2 is 2.04 bits per heavy atom. The van der Waals surface area contributed by atoms with E-state index in [1.807, 2.05) is 0 Å². The normalized spacial score (nSPS) is 10.2. The molecule has 1 heterocycles. The third-order valence-electron chi connectivity index (χ3n) is 3.36. The molecular formula is C18H19FN2O2. The third kappa shape index (κ3) is 3.94. The number of aromatic nitrogens is 1. The molecular weight excluding hydrogens is 295 g/mol. The molecule has 0 fully saturated rings. The van der Waals surface area contributed by atoms with E-state index in [4.69, 9.17) is 4.74 Å². The summed E-state index contributed by atoms with van der Waals surface area (Å²) in [5, 5.41) is 0. The van der Waals surface area contributed by atoms with Crippen LogP contribution in [0.5, 0.6) is 0 Å². The number of hydrogen-bond acceptors (Lipinski definition) is 4. The molecule has 0 aliphatic rings. The number of pyridine rings is 1. The highest BCUT2D eigenvalue weighted by Crippen LogP contribution is 2.25. The summed E-state index contributed by atoms with van der Waals surface area (Å²) < 4.78 is 18.8. The van der Waals surface area contributed by atoms with Crippen molar-refractivity contribution in [3.63, 3.8) is 0 Å². The number of rotatable bonds is 6. The Balaban J connectivity index is 2.27. The first-order valence-electron chi connectivity index (χ1n) is 7.30. The third-order valence-corrected chi connectivity index (χ3v) is 3.36. The Hall–Kier alpha value is -2.69. The Bertz CT molecular complexity index is 716. The average Bonchev–Trinajstić information content (AvgIpc) is 2.56. The lowest BCUT2D eigenvalue weighted by Crippen LogP contribution is -2.21. The molecule has 2 aromatic rings. The number of ether oxygens (including phenoxy) is 1. The number of benzene rings is 1. The first-order chi connectivity index (χ1) is 11.0. The Morgan fingerprint density at radius 1 is 1.30 bits per heavy atom. The molecule has 0 amide bonds. The predicted molar refractivity (Wildman–Crippen MR) is 88.4 cm³/mol. The second-order valence-electron chi connectivity index (χ2n) is 5.02. The minimum Gasteiger partial charge on any atom is -0.462 e. The molecule has 0 bridgehead atoms. The van der Waals surface area contributed by atoms with Gasteiger partial charge in [0.05, 0.1) is 12.2 Å². The van der Waals surface area contributed by atoms with Crippen molar-refractivity contribution in [2.75, 3.05) is 18.6 Å². The highest BCUT2D eigenvalue weighted by atomic mass is 19.1. The maximum absolute atomic E-state index is 13.8. The average molecular weight is 314 g/mol. The second kappa shape index (κ2) is 7.54. The topological polar surface area (TPSA) is 42.4 Å². The van der Waals surface area contributed by atoms with E-state index in [2.05, 4.69) is 11.6 Å². The monoisotopic (exact) mass is 314 g/mol. The fourth-order valence-corrected chi connectivity index (χ4v) is 2.22. The van der Waals surface area contributed by atoms with Gasteiger partial charge in [0.2, 0.25) is 0 Å². The quantitative estimate of drug-likeness (QED) is 0.605. The first-order valence-corrected chi connectivity index (χ1v) is 7.30. The van der Waals surface area contributed by atoms with E-state index in [1.54, 1.807) is 55.4 Å². The zero-order chi connectivity index (χ0) is 16.8. The zero-order valence-electron chi connectivity index (χ0n) is 13.3. The summed E-state index contributed by atoms with van der Waals surface area (Å²) in [7, 11) is 1.79. The van der Waals surface area contributed by atoms with Crippen molar-refractivity contribution in [1.82, 2.24) is 4.98 Å². The second-order valence-corrected chi connectivity index (χ2v) is 5.02. The van der Waals surface area contributed by atoms with Gasteiger partial charge in [-0.2, -0.15) is 0 Å². The minimum absolute atomic E-state index is 0.232. The summed E-state index contributed by atoms with van der Waals surface area (Å²) in [6.07, 6.45) is 1.62. The van der Waals surface area contributed by atoms with E-state index < -0.39 is 5.97 Å². The van der Waals surface area contributed by atoms with E-state index in [0.29, 0.717) is 23.5 Å². The molecule has 0 saturated carbocycles. The van der Waals surface area contributed by atoms with Gasteiger partial charge in [0, 0.05) is 30.9 Å². The lowest BCUT2D eigenvalue weighted by molar-refractivity contribution is -0.136. The largest absolute Gasteiger partial charge is 0.462 e. The van der Waals surface area contributed by atoms with Crippen LogP contribution in [0.25, 0.3) is 5.57 Å². The lowest BCUT2D eigenvalue weighted by atomic mass is 10.1. The molecule has 2 rings (SSSR count). The van der Waals surface area contributed by atoms with Gasteiger partial charge in [0.1, 0.15) is 11.6 Å². The molecule has 120 valence electrons. The van der Waals surface area contributed by atoms with Gasteiger partial charge in [-0.3, -0.25) is 0 Å². The number of nitrogens with zero attached hydrogens (tertiary/aromatic N) is 2. The van der Waals surface area contributed by atoms with Crippen LogP contribution in [0.1, 0.15) is 18.1 Å². The number of carbonyl (C=O) groups excluding carboxylic acids is 1. The Kier molecular flexibility index (Phi) is 5.46. The van der Waals surface area contributed by atoms with Crippen LogP contribution >= 0.6 is 0 Å². The van der Waals surface area contributed by atoms with Crippen LogP contribution in [0.4, 0.5) is 10.2 Å². The minimum atomic E-state index is -0.485. The van der Waals surface area contributed by atoms with Gasteiger partial charge in [-0.15, -0.1) is 0 Å². The van der Waals surface area contributed by atoms with E-state index in [0.717, 1.165) is 0 Å². The van der Waals surface area contributed by atoms with Gasteiger partial charge in [0.25, 0.3) is 0 Å². The maximum atomic E-state index is 13.8. The molecule has 0 aliphatic heterocycles. The Labute approximate surface area is 135 Å². The SMILES string of the molecule is C=C(C(=O)OCC)c1cccnc1N(C)Cc1ccccc1F. The van der Waals surface area contributed by atoms with Crippen LogP contribution in [0.2, 0.25) is 0 Å². The molecule has 0 N–H and O–H groups in total. The molecule has 1 aromatic heterocycles. The lowest BCUT2D eigenvalue weighted by Gasteiger charge is -2.21. The highest BCUT2D eigenvalue weighted by Gasteiger charge is 2.18. The molecule has 0 atom stereocenters. The molecule has 0 unspecified atom stereocenters. The first kappa shape index (κ1) is 16.7. The standard InChI is InChI=1S/C18H19FN2O2/c1-4-23-18(22)13(2)15-9-7-11-20-17(15)21(3)12-14-8-5-6-10-16(14)19/h5-11H,2,4,12H2,1,3H3. The van der Waals surface area contributed by atoms with Crippen LogP contribution in [0.3, 0.4) is 0 Å². The number of carbonyl (C=O) groups is 1. The van der Waals surface area contributed by atoms with Crippen LogP contribution in [0, 0.1) is 5.82 Å². The number of hydrogen-bond donors (Lipinski definition) is 0. The predicted octanol–water partition coefficient (Wildman–Crippen LogP) is 3.43. The molecule has 0 aliphatic carbocycles. The fourth-order valence-electron chi connectivity index (χ4n) is 2.22. The molecule has 0 radical (unpaired) electrons. The van der Waals surface area contributed by atoms with E-state index in [-0.39, 0.29) is 18.0 Å². The molecule has 5 heteroatoms. The fraction of sp³-hybridized carbons (Fsp3) is 0.222. The van der Waals surface area contributed by atoms with Gasteiger partial charge < -0.3 is 9.64 Å². The van der Waals surface area contributed by atoms with Crippen molar-refractivity contribution in [2.45, 2.75) is 13.5 Å². The van der Waals surface area contributed by atoms with Gasteiger partial charge in [-0.1, -0.05) is 24.8 Å². The molecule has 23 heavy (non-hydrogen) atoms. The van der Waals surface area contributed by atoms with Gasteiger partial charge in [0.15, 0.2) is 0 Å². The van der Waals surface area contributed by atoms with E-state index >= 15 is 0 Å². The van der Waals surface area contributed by atoms with E-state index in [9.17, 15) is 9.18 Å². The Morgan fingerprint density at radius 3 is 2.74 bits per heavy atom. The number of anilines is 1. The smallest absolute Gasteiger partial charge is 0.338 e. The summed E-state index contributed by atoms with van der Waals surface area (Å²) in [5.41, 5.74) is 1.36. The summed E-state index contributed by atoms with van der Waals surface area (Å²) in [6, 6.07) is 10.0. The van der Waals surface area contributed by atoms with Gasteiger partial charge in [-0.05, 0) is 25.1 Å². The summed E-state index contributed by atoms with van der Waals surface area (Å²) in [4.78, 5) is 18.0. The van der Waals surface area contributed by atoms with Crippen LogP contribution in [0.15, 0.2) is 49.2 Å². The van der Waals surface area contributed by atoms with Crippen molar-refractivity contribution in [2.24, 2.45) is 0 Å². The van der Waals surface area contributed by atoms with E-state index in [1.165, 1.54) is 6.07 Å². The molecule has 1 aromatic carbocycles. The van der Waals surface area contributed by atoms with Crippen molar-refractivity contribution in [1.29, 1.82) is 0 Å². The molecule has 0 spiro atoms. The summed E-state index contributed by atoms with van der Waals surface area (Å²) in [6.45, 7) is 6.13. The summed E-state index contributed by atoms with van der Waals surface area (Å²) in [5.74, 6) is -0.212. The highest BCUT2D eigenvalue weighted by molar-refractivity contribution is 6.17. The van der Waals surface area contributed by atoms with Crippen LogP contribution in [-0.4, -0.2) is 24.6 Å². The molecule has 0 saturated heterocycles. The zero-order valence-corrected chi connectivity index (χ0v) is 13.3. The van der Waals surface area contributed by atoms with Crippen LogP contribution in [-0.2, 0) is 16.1 Å².